The number of aromatic hydroxyl groups is 1. The Morgan fingerprint density at radius 1 is 0.783 bits per heavy atom. The van der Waals surface area contributed by atoms with Gasteiger partial charge in [0.05, 0.1) is 23.5 Å². The Hall–Kier alpha value is -4.52. The third-order valence-corrected chi connectivity index (χ3v) is 9.16. The fraction of sp³-hybridized carbons (Fsp3) is 0.385. The molecule has 0 unspecified atom stereocenters. The Morgan fingerprint density at radius 3 is 2.13 bits per heavy atom. The van der Waals surface area contributed by atoms with E-state index in [1.807, 2.05) is 12.1 Å². The van der Waals surface area contributed by atoms with Crippen LogP contribution in [0.1, 0.15) is 106 Å². The number of azo groups is 1. The number of unbranched alkanes of at least 4 members (excludes halogenated alkanes) is 1. The Morgan fingerprint density at radius 2 is 1.43 bits per heavy atom. The summed E-state index contributed by atoms with van der Waals surface area (Å²) in [4.78, 5) is 25.3. The van der Waals surface area contributed by atoms with Gasteiger partial charge in [-0.3, -0.25) is 9.59 Å². The molecule has 7 heteroatoms. The zero-order valence-electron chi connectivity index (χ0n) is 28.2. The first-order valence-corrected chi connectivity index (χ1v) is 16.2. The standard InChI is InChI=1S/C39H47N3O4/c1-8-38(4,5)27-20-21-35(32(24-27)39(6,7)9-2)46-23-15-14-22-40-37(45)31-25-34(29-17-10-11-18-30(29)36(31)44)42-41-33-19-13-12-16-28(33)26(3)43/h10-13,16-21,24-25,44H,8-9,14-15,22-23H2,1-7H3,(H,40,45). The van der Waals surface area contributed by atoms with Crippen molar-refractivity contribution in [3.63, 3.8) is 0 Å². The molecule has 0 aromatic heterocycles. The van der Waals surface area contributed by atoms with Gasteiger partial charge >= 0.3 is 0 Å². The molecule has 4 aromatic rings. The number of phenolic OH excluding ortho intramolecular Hbond substituents is 1. The number of amides is 1. The van der Waals surface area contributed by atoms with Crippen LogP contribution >= 0.6 is 0 Å². The highest BCUT2D eigenvalue weighted by atomic mass is 16.5. The summed E-state index contributed by atoms with van der Waals surface area (Å²) in [7, 11) is 0. The predicted molar refractivity (Wildman–Crippen MR) is 186 cm³/mol. The molecule has 0 spiro atoms. The molecule has 0 saturated carbocycles. The van der Waals surface area contributed by atoms with E-state index in [4.69, 9.17) is 4.74 Å². The minimum atomic E-state index is -0.397. The van der Waals surface area contributed by atoms with Crippen molar-refractivity contribution in [1.82, 2.24) is 5.32 Å². The van der Waals surface area contributed by atoms with Crippen molar-refractivity contribution in [2.24, 2.45) is 10.2 Å². The number of Topliss-reactive ketones (excluding diaryl/α,β-unsaturated/α-hetero) is 1. The predicted octanol–water partition coefficient (Wildman–Crippen LogP) is 10.1. The van der Waals surface area contributed by atoms with Crippen molar-refractivity contribution in [3.05, 3.63) is 95.1 Å². The second-order valence-corrected chi connectivity index (χ2v) is 13.1. The third-order valence-electron chi connectivity index (χ3n) is 9.16. The Balaban J connectivity index is 1.43. The van der Waals surface area contributed by atoms with Crippen LogP contribution in [0.5, 0.6) is 11.5 Å². The van der Waals surface area contributed by atoms with Crippen LogP contribution in [-0.2, 0) is 10.8 Å². The molecule has 2 N–H and O–H groups in total. The highest BCUT2D eigenvalue weighted by molar-refractivity contribution is 6.07. The molecule has 1 amide bonds. The second kappa shape index (κ2) is 14.7. The lowest BCUT2D eigenvalue weighted by molar-refractivity contribution is 0.0949. The van der Waals surface area contributed by atoms with Crippen LogP contribution in [0.3, 0.4) is 0 Å². The van der Waals surface area contributed by atoms with Gasteiger partial charge in [-0.1, -0.05) is 90.1 Å². The van der Waals surface area contributed by atoms with E-state index in [1.54, 1.807) is 36.4 Å². The summed E-state index contributed by atoms with van der Waals surface area (Å²) in [6.07, 6.45) is 3.53. The molecule has 0 heterocycles. The number of phenols is 1. The van der Waals surface area contributed by atoms with Crippen molar-refractivity contribution in [3.8, 4) is 11.5 Å². The average molecular weight is 622 g/mol. The number of benzene rings is 4. The number of nitrogens with one attached hydrogen (secondary N) is 1. The SMILES string of the molecule is CCC(C)(C)c1ccc(OCCCCNC(=O)c2cc(N=Nc3ccccc3C(C)=O)c3ccccc3c2O)c(C(C)(C)CC)c1. The second-order valence-electron chi connectivity index (χ2n) is 13.1. The molecule has 7 nitrogen and oxygen atoms in total. The Bertz CT molecular complexity index is 1740. The molecule has 0 bridgehead atoms. The molecular weight excluding hydrogens is 574 g/mol. The van der Waals surface area contributed by atoms with Crippen LogP contribution in [-0.4, -0.2) is 29.9 Å². The lowest BCUT2D eigenvalue weighted by atomic mass is 9.76. The molecule has 4 aromatic carbocycles. The quantitative estimate of drug-likeness (QED) is 0.0831. The van der Waals surface area contributed by atoms with Crippen LogP contribution in [0.25, 0.3) is 10.8 Å². The van der Waals surface area contributed by atoms with Gasteiger partial charge in [-0.2, -0.15) is 0 Å². The minimum Gasteiger partial charge on any atom is -0.506 e. The van der Waals surface area contributed by atoms with Gasteiger partial charge in [0.1, 0.15) is 11.5 Å². The van der Waals surface area contributed by atoms with E-state index in [0.29, 0.717) is 47.3 Å². The Kier molecular flexibility index (Phi) is 11.0. The molecular formula is C39H47N3O4. The minimum absolute atomic E-state index is 0.0137. The van der Waals surface area contributed by atoms with E-state index in [2.05, 4.69) is 75.3 Å². The smallest absolute Gasteiger partial charge is 0.255 e. The van der Waals surface area contributed by atoms with Gasteiger partial charge in [0.15, 0.2) is 5.78 Å². The number of hydrogen-bond acceptors (Lipinski definition) is 6. The molecule has 0 atom stereocenters. The van der Waals surface area contributed by atoms with E-state index >= 15 is 0 Å². The molecule has 0 aliphatic rings. The summed E-state index contributed by atoms with van der Waals surface area (Å²) in [6, 6.07) is 22.3. The number of carbonyl (C=O) groups is 2. The fourth-order valence-corrected chi connectivity index (χ4v) is 5.27. The van der Waals surface area contributed by atoms with Crippen LogP contribution < -0.4 is 10.1 Å². The van der Waals surface area contributed by atoms with Crippen molar-refractivity contribution in [2.45, 2.75) is 85.0 Å². The summed E-state index contributed by atoms with van der Waals surface area (Å²) < 4.78 is 6.29. The van der Waals surface area contributed by atoms with E-state index in [-0.39, 0.29) is 27.9 Å². The lowest BCUT2D eigenvalue weighted by Gasteiger charge is -2.30. The maximum Gasteiger partial charge on any atom is 0.255 e. The monoisotopic (exact) mass is 621 g/mol. The van der Waals surface area contributed by atoms with Crippen LogP contribution in [0.15, 0.2) is 83.0 Å². The number of ether oxygens (including phenoxy) is 1. The van der Waals surface area contributed by atoms with Gasteiger partial charge in [0.25, 0.3) is 5.91 Å². The largest absolute Gasteiger partial charge is 0.506 e. The van der Waals surface area contributed by atoms with Crippen LogP contribution in [0.4, 0.5) is 11.4 Å². The number of fused-ring (bicyclic) bond motifs is 1. The first-order chi connectivity index (χ1) is 21.9. The maximum atomic E-state index is 13.2. The molecule has 0 saturated heterocycles. The summed E-state index contributed by atoms with van der Waals surface area (Å²) in [5.41, 5.74) is 4.07. The molecule has 0 aliphatic heterocycles. The fourth-order valence-electron chi connectivity index (χ4n) is 5.27. The van der Waals surface area contributed by atoms with E-state index in [9.17, 15) is 14.7 Å². The molecule has 46 heavy (non-hydrogen) atoms. The van der Waals surface area contributed by atoms with Gasteiger partial charge in [0.2, 0.25) is 0 Å². The first-order valence-electron chi connectivity index (χ1n) is 16.2. The zero-order chi connectivity index (χ0) is 33.5. The van der Waals surface area contributed by atoms with Crippen LogP contribution in [0.2, 0.25) is 0 Å². The molecule has 4 rings (SSSR count). The maximum absolute atomic E-state index is 13.2. The first kappa shape index (κ1) is 34.4. The van der Waals surface area contributed by atoms with Crippen molar-refractivity contribution in [2.75, 3.05) is 13.2 Å². The summed E-state index contributed by atoms with van der Waals surface area (Å²) in [5.74, 6) is 0.293. The summed E-state index contributed by atoms with van der Waals surface area (Å²) in [5, 5.41) is 23.8. The van der Waals surface area contributed by atoms with E-state index in [0.717, 1.165) is 25.0 Å². The number of ketones is 1. The number of hydrogen-bond donors (Lipinski definition) is 2. The molecule has 242 valence electrons. The summed E-state index contributed by atoms with van der Waals surface area (Å²) >= 11 is 0. The Labute approximate surface area is 273 Å². The molecule has 0 fully saturated rings. The van der Waals surface area contributed by atoms with Gasteiger partial charge in [0, 0.05) is 28.4 Å². The topological polar surface area (TPSA) is 100 Å². The van der Waals surface area contributed by atoms with Crippen molar-refractivity contribution < 1.29 is 19.4 Å². The molecule has 0 radical (unpaired) electrons. The average Bonchev–Trinajstić information content (AvgIpc) is 3.06. The third kappa shape index (κ3) is 7.82. The van der Waals surface area contributed by atoms with E-state index in [1.165, 1.54) is 24.1 Å². The van der Waals surface area contributed by atoms with Gasteiger partial charge in [-0.15, -0.1) is 10.2 Å². The van der Waals surface area contributed by atoms with Gasteiger partial charge in [-0.25, -0.2) is 0 Å². The van der Waals surface area contributed by atoms with Crippen LogP contribution in [0, 0.1) is 0 Å². The molecule has 0 aliphatic carbocycles. The summed E-state index contributed by atoms with van der Waals surface area (Å²) in [6.45, 7) is 15.9. The highest BCUT2D eigenvalue weighted by Crippen LogP contribution is 2.39. The zero-order valence-corrected chi connectivity index (χ0v) is 28.2. The number of nitrogens with zero attached hydrogens (tertiary/aromatic N) is 2. The number of carbonyl (C=O) groups excluding carboxylic acids is 2. The van der Waals surface area contributed by atoms with Gasteiger partial charge in [-0.05, 0) is 73.3 Å². The normalized spacial score (nSPS) is 12.1. The van der Waals surface area contributed by atoms with E-state index < -0.39 is 5.91 Å². The van der Waals surface area contributed by atoms with Gasteiger partial charge < -0.3 is 15.2 Å². The van der Waals surface area contributed by atoms with Crippen molar-refractivity contribution in [1.29, 1.82) is 0 Å². The highest BCUT2D eigenvalue weighted by Gasteiger charge is 2.26. The number of rotatable bonds is 14. The lowest BCUT2D eigenvalue weighted by Crippen LogP contribution is -2.25. The van der Waals surface area contributed by atoms with Crippen molar-refractivity contribution >= 4 is 33.8 Å².